The van der Waals surface area contributed by atoms with Crippen molar-refractivity contribution in [1.82, 2.24) is 15.0 Å². The number of aromatic nitrogens is 3. The lowest BCUT2D eigenvalue weighted by molar-refractivity contribution is -0.137. The second kappa shape index (κ2) is 12.7. The molecule has 0 saturated carbocycles. The van der Waals surface area contributed by atoms with E-state index in [9.17, 15) is 9.18 Å². The molecule has 0 aliphatic rings. The molecular weight excluding hydrogens is 600 g/mol. The number of thioether (sulfide) groups is 1. The van der Waals surface area contributed by atoms with E-state index in [0.29, 0.717) is 47.7 Å². The molecule has 206 valence electrons. The molecule has 0 bridgehead atoms. The first-order chi connectivity index (χ1) is 19.4. The molecule has 5 aromatic rings. The number of rotatable bonds is 12. The Bertz CT molecular complexity index is 1650. The molecule has 2 heterocycles. The van der Waals surface area contributed by atoms with Gasteiger partial charge in [0.1, 0.15) is 17.4 Å². The Labute approximate surface area is 242 Å². The molecule has 0 radical (unpaired) electrons. The summed E-state index contributed by atoms with van der Waals surface area (Å²) in [6.45, 7) is 0. The van der Waals surface area contributed by atoms with Gasteiger partial charge in [-0.15, -0.1) is 0 Å². The monoisotopic (exact) mass is 625 g/mol. The molecule has 3 aromatic carbocycles. The molecule has 0 fully saturated rings. The smallest absolute Gasteiger partial charge is 0.303 e. The highest BCUT2D eigenvalue weighted by Crippen LogP contribution is 2.36. The number of halogens is 3. The largest absolute Gasteiger partial charge is 0.481 e. The average molecular weight is 627 g/mol. The fraction of sp³-hybridized carbons (Fsp3) is 0.200. The normalized spacial score (nSPS) is 11.3. The van der Waals surface area contributed by atoms with Crippen LogP contribution in [0.1, 0.15) is 29.7 Å². The number of fused-ring (bicyclic) bond motifs is 1. The minimum Gasteiger partial charge on any atom is -0.481 e. The van der Waals surface area contributed by atoms with Gasteiger partial charge in [0.15, 0.2) is 11.6 Å². The van der Waals surface area contributed by atoms with Crippen molar-refractivity contribution in [2.75, 3.05) is 11.5 Å². The number of carboxylic acids is 1. The Kier molecular flexibility index (Phi) is 8.86. The van der Waals surface area contributed by atoms with E-state index < -0.39 is 17.6 Å². The van der Waals surface area contributed by atoms with Gasteiger partial charge < -0.3 is 19.8 Å². The molecule has 0 saturated heterocycles. The van der Waals surface area contributed by atoms with Crippen LogP contribution in [0.15, 0.2) is 71.5 Å². The third-order valence-corrected chi connectivity index (χ3v) is 7.93. The number of carboxylic acid groups (broad SMARTS) is 1. The summed E-state index contributed by atoms with van der Waals surface area (Å²) < 4.78 is 37.2. The number of hydrogen-bond acceptors (Lipinski definition) is 4. The van der Waals surface area contributed by atoms with Gasteiger partial charge in [-0.05, 0) is 66.3 Å². The number of ether oxygens (including phenoxy) is 1. The SMILES string of the molecule is O=C(O)CCCSCCc1c(Oc2ccc(F)c(-c3ncc(Cc4cccc(Br)c4)[nH]3)c2)c(F)cc2[nH]ccc12. The van der Waals surface area contributed by atoms with Crippen LogP contribution in [-0.4, -0.2) is 37.5 Å². The summed E-state index contributed by atoms with van der Waals surface area (Å²) in [7, 11) is 0. The molecule has 6 nitrogen and oxygen atoms in total. The van der Waals surface area contributed by atoms with E-state index in [4.69, 9.17) is 9.84 Å². The number of aliphatic carboxylic acids is 1. The number of benzene rings is 3. The highest BCUT2D eigenvalue weighted by atomic mass is 79.9. The predicted molar refractivity (Wildman–Crippen MR) is 157 cm³/mol. The Hall–Kier alpha value is -3.63. The number of hydrogen-bond donors (Lipinski definition) is 3. The first kappa shape index (κ1) is 27.9. The summed E-state index contributed by atoms with van der Waals surface area (Å²) in [5, 5.41) is 9.67. The van der Waals surface area contributed by atoms with Crippen LogP contribution >= 0.6 is 27.7 Å². The summed E-state index contributed by atoms with van der Waals surface area (Å²) in [5.74, 6) is 0.271. The number of nitrogens with one attached hydrogen (secondary N) is 2. The fourth-order valence-electron chi connectivity index (χ4n) is 4.50. The third-order valence-electron chi connectivity index (χ3n) is 6.37. The molecule has 3 N–H and O–H groups in total. The van der Waals surface area contributed by atoms with Crippen molar-refractivity contribution in [2.45, 2.75) is 25.7 Å². The maximum atomic E-state index is 15.3. The Morgan fingerprint density at radius 3 is 2.77 bits per heavy atom. The minimum absolute atomic E-state index is 0.0885. The maximum absolute atomic E-state index is 15.3. The molecule has 0 unspecified atom stereocenters. The summed E-state index contributed by atoms with van der Waals surface area (Å²) in [6, 6.07) is 15.4. The predicted octanol–water partition coefficient (Wildman–Crippen LogP) is 8.12. The van der Waals surface area contributed by atoms with Crippen molar-refractivity contribution in [3.05, 3.63) is 99.9 Å². The number of imidazole rings is 1. The van der Waals surface area contributed by atoms with E-state index >= 15 is 4.39 Å². The van der Waals surface area contributed by atoms with E-state index in [2.05, 4.69) is 30.9 Å². The molecular formula is C30H26BrF2N3O3S. The molecule has 0 amide bonds. The van der Waals surface area contributed by atoms with E-state index in [1.807, 2.05) is 30.3 Å². The van der Waals surface area contributed by atoms with E-state index in [0.717, 1.165) is 21.1 Å². The quantitative estimate of drug-likeness (QED) is 0.122. The van der Waals surface area contributed by atoms with E-state index in [-0.39, 0.29) is 23.5 Å². The van der Waals surface area contributed by atoms with Crippen LogP contribution in [0.3, 0.4) is 0 Å². The van der Waals surface area contributed by atoms with Gasteiger partial charge in [-0.1, -0.05) is 28.1 Å². The number of nitrogens with zero attached hydrogens (tertiary/aromatic N) is 1. The topological polar surface area (TPSA) is 91.0 Å². The van der Waals surface area contributed by atoms with Gasteiger partial charge in [0.2, 0.25) is 0 Å². The second-order valence-electron chi connectivity index (χ2n) is 9.27. The van der Waals surface area contributed by atoms with E-state index in [1.54, 1.807) is 24.2 Å². The maximum Gasteiger partial charge on any atom is 0.303 e. The number of carbonyl (C=O) groups is 1. The Balaban J connectivity index is 1.37. The zero-order valence-corrected chi connectivity index (χ0v) is 23.7. The first-order valence-corrected chi connectivity index (χ1v) is 14.7. The summed E-state index contributed by atoms with van der Waals surface area (Å²) in [5.41, 5.74) is 3.47. The Morgan fingerprint density at radius 1 is 1.07 bits per heavy atom. The number of H-pyrrole nitrogens is 2. The number of aryl methyl sites for hydroxylation is 1. The molecule has 2 aromatic heterocycles. The van der Waals surface area contributed by atoms with Gasteiger partial charge in [-0.2, -0.15) is 11.8 Å². The first-order valence-electron chi connectivity index (χ1n) is 12.7. The van der Waals surface area contributed by atoms with Crippen LogP contribution in [0.4, 0.5) is 8.78 Å². The van der Waals surface area contributed by atoms with Crippen LogP contribution in [0.5, 0.6) is 11.5 Å². The lowest BCUT2D eigenvalue weighted by Gasteiger charge is -2.14. The fourth-order valence-corrected chi connectivity index (χ4v) is 5.85. The summed E-state index contributed by atoms with van der Waals surface area (Å²) in [6.07, 6.45) is 5.23. The summed E-state index contributed by atoms with van der Waals surface area (Å²) >= 11 is 5.08. The third kappa shape index (κ3) is 6.74. The molecule has 0 aliphatic carbocycles. The Morgan fingerprint density at radius 2 is 1.95 bits per heavy atom. The van der Waals surface area contributed by atoms with Crippen LogP contribution in [0.25, 0.3) is 22.3 Å². The lowest BCUT2D eigenvalue weighted by Crippen LogP contribution is -2.00. The number of aromatic amines is 2. The molecule has 10 heteroatoms. The molecule has 0 atom stereocenters. The summed E-state index contributed by atoms with van der Waals surface area (Å²) in [4.78, 5) is 21.4. The van der Waals surface area contributed by atoms with Crippen molar-refractivity contribution in [2.24, 2.45) is 0 Å². The standard InChI is InChI=1S/C30H26BrF2N3O3S/c31-19-4-1-3-18(13-19)14-20-17-35-30(36-20)24-15-21(6-7-25(24)32)39-29-23(9-12-40-11-2-5-28(37)38)22-8-10-34-27(22)16-26(29)33/h1,3-4,6-8,10,13,15-17,34H,2,5,9,11-12,14H2,(H,35,36)(H,37,38). The zero-order valence-electron chi connectivity index (χ0n) is 21.3. The lowest BCUT2D eigenvalue weighted by atomic mass is 10.1. The van der Waals surface area contributed by atoms with Crippen LogP contribution in [0, 0.1) is 11.6 Å². The molecule has 5 rings (SSSR count). The van der Waals surface area contributed by atoms with Gasteiger partial charge in [-0.3, -0.25) is 4.79 Å². The minimum atomic E-state index is -0.815. The van der Waals surface area contributed by atoms with Crippen LogP contribution in [0.2, 0.25) is 0 Å². The van der Waals surface area contributed by atoms with Crippen molar-refractivity contribution in [3.8, 4) is 22.9 Å². The van der Waals surface area contributed by atoms with Crippen molar-refractivity contribution >= 4 is 44.6 Å². The zero-order chi connectivity index (χ0) is 28.1. The highest BCUT2D eigenvalue weighted by Gasteiger charge is 2.18. The molecule has 0 aliphatic heterocycles. The van der Waals surface area contributed by atoms with Crippen LogP contribution < -0.4 is 4.74 Å². The van der Waals surface area contributed by atoms with Gasteiger partial charge >= 0.3 is 5.97 Å². The molecule has 40 heavy (non-hydrogen) atoms. The van der Waals surface area contributed by atoms with Gasteiger partial charge in [0, 0.05) is 57.9 Å². The van der Waals surface area contributed by atoms with E-state index in [1.165, 1.54) is 24.3 Å². The van der Waals surface area contributed by atoms with Crippen molar-refractivity contribution in [1.29, 1.82) is 0 Å². The second-order valence-corrected chi connectivity index (χ2v) is 11.4. The average Bonchev–Trinajstić information content (AvgIpc) is 3.58. The van der Waals surface area contributed by atoms with Crippen LogP contribution in [-0.2, 0) is 17.6 Å². The van der Waals surface area contributed by atoms with Gasteiger partial charge in [0.25, 0.3) is 0 Å². The highest BCUT2D eigenvalue weighted by molar-refractivity contribution is 9.10. The van der Waals surface area contributed by atoms with Gasteiger partial charge in [-0.25, -0.2) is 13.8 Å². The molecule has 0 spiro atoms. The van der Waals surface area contributed by atoms with Gasteiger partial charge in [0.05, 0.1) is 5.56 Å². The van der Waals surface area contributed by atoms with Crippen molar-refractivity contribution in [3.63, 3.8) is 0 Å². The van der Waals surface area contributed by atoms with Crippen molar-refractivity contribution < 1.29 is 23.4 Å².